The average molecular weight is 413 g/mol. The molecule has 0 spiro atoms. The molecule has 8 nitrogen and oxygen atoms in total. The Balaban J connectivity index is 0.00000124. The molecule has 10 heteroatoms. The molecule has 4 heterocycles. The fourth-order valence-electron chi connectivity index (χ4n) is 2.63. The van der Waals surface area contributed by atoms with Crippen LogP contribution in [0.2, 0.25) is 0 Å². The molecule has 0 aliphatic carbocycles. The lowest BCUT2D eigenvalue weighted by Crippen LogP contribution is -2.09. The van der Waals surface area contributed by atoms with E-state index in [0.29, 0.717) is 40.1 Å². The van der Waals surface area contributed by atoms with Gasteiger partial charge in [-0.25, -0.2) is 23.7 Å². The predicted octanol–water partition coefficient (Wildman–Crippen LogP) is 4.73. The minimum absolute atomic E-state index is 0.311. The van der Waals surface area contributed by atoms with Gasteiger partial charge in [0.25, 0.3) is 6.43 Å². The molecule has 0 aromatic carbocycles. The first-order chi connectivity index (χ1) is 14.6. The minimum Gasteiger partial charge on any atom is -0.364 e. The van der Waals surface area contributed by atoms with Crippen LogP contribution in [0.15, 0.2) is 53.5 Å². The summed E-state index contributed by atoms with van der Waals surface area (Å²) in [7, 11) is 0. The molecular formula is C20H21F2N7O. The Morgan fingerprint density at radius 3 is 2.47 bits per heavy atom. The normalized spacial score (nSPS) is 10.6. The van der Waals surface area contributed by atoms with E-state index in [4.69, 9.17) is 4.52 Å². The summed E-state index contributed by atoms with van der Waals surface area (Å²) >= 11 is 0. The molecule has 0 saturated heterocycles. The number of anilines is 2. The predicted molar refractivity (Wildman–Crippen MR) is 108 cm³/mol. The summed E-state index contributed by atoms with van der Waals surface area (Å²) in [6.07, 6.45) is 2.06. The number of hydrogen-bond acceptors (Lipinski definition) is 7. The molecule has 0 fully saturated rings. The van der Waals surface area contributed by atoms with E-state index in [1.54, 1.807) is 25.3 Å². The molecule has 156 valence electrons. The SMILES string of the molecule is CC.Cc1c(Nc2nccc(-c3cccc(-c4ccon4)n3)n2)cnn1CC(F)F. The Hall–Kier alpha value is -3.69. The summed E-state index contributed by atoms with van der Waals surface area (Å²) in [4.78, 5) is 13.2. The van der Waals surface area contributed by atoms with E-state index in [1.807, 2.05) is 32.0 Å². The second kappa shape index (κ2) is 9.68. The zero-order valence-corrected chi connectivity index (χ0v) is 16.8. The fraction of sp³-hybridized carbons (Fsp3) is 0.250. The van der Waals surface area contributed by atoms with Crippen LogP contribution in [0.25, 0.3) is 22.8 Å². The average Bonchev–Trinajstić information content (AvgIpc) is 3.42. The Bertz CT molecular complexity index is 1080. The molecule has 0 saturated carbocycles. The van der Waals surface area contributed by atoms with Crippen molar-refractivity contribution in [2.45, 2.75) is 33.7 Å². The van der Waals surface area contributed by atoms with Crippen LogP contribution in [0.3, 0.4) is 0 Å². The summed E-state index contributed by atoms with van der Waals surface area (Å²) in [5.41, 5.74) is 3.64. The highest BCUT2D eigenvalue weighted by atomic mass is 19.3. The van der Waals surface area contributed by atoms with Gasteiger partial charge in [0.1, 0.15) is 18.5 Å². The number of nitrogens with zero attached hydrogens (tertiary/aromatic N) is 6. The maximum absolute atomic E-state index is 12.6. The van der Waals surface area contributed by atoms with Gasteiger partial charge in [0, 0.05) is 12.3 Å². The summed E-state index contributed by atoms with van der Waals surface area (Å²) in [5.74, 6) is 0.311. The lowest BCUT2D eigenvalue weighted by atomic mass is 10.2. The zero-order chi connectivity index (χ0) is 21.5. The number of aromatic nitrogens is 6. The Morgan fingerprint density at radius 1 is 1.03 bits per heavy atom. The largest absolute Gasteiger partial charge is 0.364 e. The molecule has 30 heavy (non-hydrogen) atoms. The standard InChI is InChI=1S/C18H15F2N7O.C2H6/c1-11-16(9-22-27(11)10-17(19)20)25-18-21-7-5-14(24-18)12-3-2-4-13(23-12)15-6-8-28-26-15;1-2/h2-9,17H,10H2,1H3,(H,21,24,25);1-2H3. The first-order valence-electron chi connectivity index (χ1n) is 9.39. The monoisotopic (exact) mass is 413 g/mol. The number of nitrogens with one attached hydrogen (secondary N) is 1. The minimum atomic E-state index is -2.48. The highest BCUT2D eigenvalue weighted by Crippen LogP contribution is 2.23. The number of halogens is 2. The van der Waals surface area contributed by atoms with Crippen LogP contribution in [0.5, 0.6) is 0 Å². The first-order valence-corrected chi connectivity index (χ1v) is 9.39. The smallest absolute Gasteiger partial charge is 0.257 e. The van der Waals surface area contributed by atoms with Gasteiger partial charge in [0.2, 0.25) is 5.95 Å². The molecular weight excluding hydrogens is 392 g/mol. The van der Waals surface area contributed by atoms with Crippen LogP contribution >= 0.6 is 0 Å². The maximum Gasteiger partial charge on any atom is 0.257 e. The Labute approximate surface area is 172 Å². The van der Waals surface area contributed by atoms with Gasteiger partial charge >= 0.3 is 0 Å². The highest BCUT2D eigenvalue weighted by molar-refractivity contribution is 5.63. The van der Waals surface area contributed by atoms with Crippen molar-refractivity contribution in [2.24, 2.45) is 0 Å². The number of hydrogen-bond donors (Lipinski definition) is 1. The summed E-state index contributed by atoms with van der Waals surface area (Å²) in [6.45, 7) is 5.23. The number of pyridine rings is 1. The van der Waals surface area contributed by atoms with E-state index in [2.05, 4.69) is 30.5 Å². The maximum atomic E-state index is 12.6. The summed E-state index contributed by atoms with van der Waals surface area (Å²) < 4.78 is 31.3. The van der Waals surface area contributed by atoms with Crippen molar-refractivity contribution in [3.8, 4) is 22.8 Å². The van der Waals surface area contributed by atoms with Crippen LogP contribution in [0.1, 0.15) is 19.5 Å². The third kappa shape index (κ3) is 4.83. The second-order valence-corrected chi connectivity index (χ2v) is 5.90. The van der Waals surface area contributed by atoms with Gasteiger partial charge in [-0.1, -0.05) is 25.1 Å². The van der Waals surface area contributed by atoms with Crippen LogP contribution in [0, 0.1) is 6.92 Å². The van der Waals surface area contributed by atoms with Crippen LogP contribution in [-0.2, 0) is 6.54 Å². The van der Waals surface area contributed by atoms with Gasteiger partial charge in [0.05, 0.1) is 34.7 Å². The zero-order valence-electron chi connectivity index (χ0n) is 16.8. The lowest BCUT2D eigenvalue weighted by Gasteiger charge is -2.07. The van der Waals surface area contributed by atoms with Crippen molar-refractivity contribution < 1.29 is 13.3 Å². The molecule has 0 bridgehead atoms. The highest BCUT2D eigenvalue weighted by Gasteiger charge is 2.13. The molecule has 4 rings (SSSR count). The van der Waals surface area contributed by atoms with Crippen LogP contribution in [-0.4, -0.2) is 36.3 Å². The number of rotatable bonds is 6. The molecule has 0 aliphatic heterocycles. The van der Waals surface area contributed by atoms with Crippen molar-refractivity contribution in [2.75, 3.05) is 5.32 Å². The van der Waals surface area contributed by atoms with E-state index in [1.165, 1.54) is 17.1 Å². The van der Waals surface area contributed by atoms with E-state index in [0.717, 1.165) is 0 Å². The summed E-state index contributed by atoms with van der Waals surface area (Å²) in [6, 6.07) is 8.94. The fourth-order valence-corrected chi connectivity index (χ4v) is 2.63. The van der Waals surface area contributed by atoms with Gasteiger partial charge in [-0.3, -0.25) is 4.68 Å². The second-order valence-electron chi connectivity index (χ2n) is 5.90. The molecule has 0 aliphatic rings. The van der Waals surface area contributed by atoms with E-state index < -0.39 is 13.0 Å². The van der Waals surface area contributed by atoms with Crippen molar-refractivity contribution in [1.29, 1.82) is 0 Å². The molecule has 1 N–H and O–H groups in total. The van der Waals surface area contributed by atoms with Gasteiger partial charge < -0.3 is 9.84 Å². The van der Waals surface area contributed by atoms with E-state index in [-0.39, 0.29) is 0 Å². The first kappa shape index (κ1) is 21.0. The van der Waals surface area contributed by atoms with E-state index in [9.17, 15) is 8.78 Å². The third-order valence-electron chi connectivity index (χ3n) is 4.03. The van der Waals surface area contributed by atoms with Crippen molar-refractivity contribution in [1.82, 2.24) is 29.9 Å². The van der Waals surface area contributed by atoms with Gasteiger partial charge in [0.15, 0.2) is 0 Å². The van der Waals surface area contributed by atoms with Crippen LogP contribution < -0.4 is 5.32 Å². The topological polar surface area (TPSA) is 94.6 Å². The Morgan fingerprint density at radius 2 is 1.77 bits per heavy atom. The van der Waals surface area contributed by atoms with Crippen molar-refractivity contribution in [3.63, 3.8) is 0 Å². The lowest BCUT2D eigenvalue weighted by molar-refractivity contribution is 0.121. The molecule has 0 unspecified atom stereocenters. The van der Waals surface area contributed by atoms with E-state index >= 15 is 0 Å². The molecule has 0 radical (unpaired) electrons. The van der Waals surface area contributed by atoms with Gasteiger partial charge in [-0.2, -0.15) is 5.10 Å². The molecule has 4 aromatic rings. The number of alkyl halides is 2. The van der Waals surface area contributed by atoms with Crippen LogP contribution in [0.4, 0.5) is 20.4 Å². The molecule has 4 aromatic heterocycles. The quantitative estimate of drug-likeness (QED) is 0.488. The van der Waals surface area contributed by atoms with Crippen molar-refractivity contribution in [3.05, 3.63) is 54.7 Å². The van der Waals surface area contributed by atoms with Gasteiger partial charge in [-0.15, -0.1) is 0 Å². The van der Waals surface area contributed by atoms with Crippen molar-refractivity contribution >= 4 is 11.6 Å². The molecule has 0 atom stereocenters. The Kier molecular flexibility index (Phi) is 6.79. The van der Waals surface area contributed by atoms with Gasteiger partial charge in [-0.05, 0) is 25.1 Å². The third-order valence-corrected chi connectivity index (χ3v) is 4.03. The summed E-state index contributed by atoms with van der Waals surface area (Å²) in [5, 5.41) is 10.9. The molecule has 0 amide bonds.